The van der Waals surface area contributed by atoms with Gasteiger partial charge in [0.1, 0.15) is 18.1 Å². The van der Waals surface area contributed by atoms with E-state index < -0.39 is 53.8 Å². The highest BCUT2D eigenvalue weighted by atomic mass is 16.4. The van der Waals surface area contributed by atoms with Crippen LogP contribution < -0.4 is 27.4 Å². The smallest absolute Gasteiger partial charge is 0.326 e. The third-order valence-electron chi connectivity index (χ3n) is 4.44. The molecule has 4 atom stereocenters. The molecule has 0 aliphatic rings. The Morgan fingerprint density at radius 3 is 1.94 bits per heavy atom. The second kappa shape index (κ2) is 12.3. The quantitative estimate of drug-likeness (QED) is 0.227. The molecule has 0 aliphatic heterocycles. The molecular formula is C20H29N5O6. The first-order valence-corrected chi connectivity index (χ1v) is 9.73. The van der Waals surface area contributed by atoms with Gasteiger partial charge in [-0.05, 0) is 25.8 Å². The number of benzene rings is 1. The van der Waals surface area contributed by atoms with Gasteiger partial charge in [0.15, 0.2) is 0 Å². The Balaban J connectivity index is 2.57. The van der Waals surface area contributed by atoms with E-state index in [0.29, 0.717) is 0 Å². The molecule has 0 saturated heterocycles. The monoisotopic (exact) mass is 435 g/mol. The lowest BCUT2D eigenvalue weighted by atomic mass is 10.1. The Morgan fingerprint density at radius 2 is 1.42 bits per heavy atom. The summed E-state index contributed by atoms with van der Waals surface area (Å²) in [5.74, 6) is -3.79. The number of hydrogen-bond donors (Lipinski definition) is 6. The number of hydrogen-bond acceptors (Lipinski definition) is 6. The molecule has 1 rings (SSSR count). The molecule has 31 heavy (non-hydrogen) atoms. The van der Waals surface area contributed by atoms with Gasteiger partial charge >= 0.3 is 5.97 Å². The lowest BCUT2D eigenvalue weighted by Gasteiger charge is -2.21. The van der Waals surface area contributed by atoms with E-state index in [-0.39, 0.29) is 19.3 Å². The fourth-order valence-corrected chi connectivity index (χ4v) is 2.57. The van der Waals surface area contributed by atoms with Crippen molar-refractivity contribution in [3.05, 3.63) is 35.9 Å². The first-order chi connectivity index (χ1) is 14.5. The molecule has 0 spiro atoms. The van der Waals surface area contributed by atoms with E-state index in [4.69, 9.17) is 11.5 Å². The van der Waals surface area contributed by atoms with Gasteiger partial charge in [-0.15, -0.1) is 0 Å². The van der Waals surface area contributed by atoms with Gasteiger partial charge in [-0.1, -0.05) is 30.3 Å². The maximum absolute atomic E-state index is 12.3. The number of carboxylic acid groups (broad SMARTS) is 1. The zero-order valence-corrected chi connectivity index (χ0v) is 17.5. The van der Waals surface area contributed by atoms with Gasteiger partial charge in [-0.3, -0.25) is 19.2 Å². The van der Waals surface area contributed by atoms with Gasteiger partial charge in [-0.25, -0.2) is 4.79 Å². The van der Waals surface area contributed by atoms with Crippen LogP contribution in [0.2, 0.25) is 0 Å². The molecule has 0 bridgehead atoms. The average Bonchev–Trinajstić information content (AvgIpc) is 2.71. The lowest BCUT2D eigenvalue weighted by Crippen LogP contribution is -2.55. The minimum absolute atomic E-state index is 0.0340. The fourth-order valence-electron chi connectivity index (χ4n) is 2.57. The van der Waals surface area contributed by atoms with Gasteiger partial charge in [-0.2, -0.15) is 0 Å². The molecule has 0 saturated carbocycles. The van der Waals surface area contributed by atoms with Gasteiger partial charge in [0.25, 0.3) is 0 Å². The summed E-state index contributed by atoms with van der Waals surface area (Å²) < 4.78 is 0. The number of carbonyl (C=O) groups is 5. The van der Waals surface area contributed by atoms with Crippen molar-refractivity contribution in [1.29, 1.82) is 0 Å². The second-order valence-corrected chi connectivity index (χ2v) is 7.16. The number of rotatable bonds is 12. The van der Waals surface area contributed by atoms with Gasteiger partial charge in [0, 0.05) is 12.8 Å². The maximum Gasteiger partial charge on any atom is 0.326 e. The minimum Gasteiger partial charge on any atom is -0.480 e. The zero-order chi connectivity index (χ0) is 23.6. The number of nitrogens with two attached hydrogens (primary N) is 2. The molecule has 0 aromatic heterocycles. The first kappa shape index (κ1) is 25.6. The molecule has 0 fully saturated rings. The van der Waals surface area contributed by atoms with Crippen LogP contribution in [0.1, 0.15) is 32.3 Å². The summed E-state index contributed by atoms with van der Waals surface area (Å²) in [4.78, 5) is 58.8. The highest BCUT2D eigenvalue weighted by molar-refractivity contribution is 5.93. The highest BCUT2D eigenvalue weighted by Crippen LogP contribution is 2.04. The van der Waals surface area contributed by atoms with Crippen molar-refractivity contribution < 1.29 is 29.1 Å². The van der Waals surface area contributed by atoms with Crippen molar-refractivity contribution in [2.45, 2.75) is 57.3 Å². The van der Waals surface area contributed by atoms with E-state index in [2.05, 4.69) is 16.0 Å². The van der Waals surface area contributed by atoms with E-state index in [1.165, 1.54) is 13.8 Å². The molecule has 11 nitrogen and oxygen atoms in total. The SMILES string of the molecule is CC(NC(=O)C(N)CCC(N)=O)C(=O)NC(C)C(=O)NC(Cc1ccccc1)C(=O)O. The Morgan fingerprint density at radius 1 is 0.903 bits per heavy atom. The Labute approximate surface area is 179 Å². The maximum atomic E-state index is 12.3. The molecule has 1 aromatic rings. The molecule has 4 unspecified atom stereocenters. The first-order valence-electron chi connectivity index (χ1n) is 9.73. The lowest BCUT2D eigenvalue weighted by molar-refractivity contribution is -0.142. The van der Waals surface area contributed by atoms with Crippen LogP contribution in [-0.2, 0) is 30.4 Å². The van der Waals surface area contributed by atoms with E-state index in [9.17, 15) is 29.1 Å². The minimum atomic E-state index is -1.21. The predicted octanol–water partition coefficient (Wildman–Crippen LogP) is -1.60. The third kappa shape index (κ3) is 9.26. The summed E-state index contributed by atoms with van der Waals surface area (Å²) in [5, 5.41) is 16.6. The highest BCUT2D eigenvalue weighted by Gasteiger charge is 2.26. The standard InChI is InChI=1S/C20H29N5O6/c1-11(24-19(29)14(21)8-9-16(22)26)17(27)23-12(2)18(28)25-15(20(30)31)10-13-6-4-3-5-7-13/h3-7,11-12,14-15H,8-10,21H2,1-2H3,(H2,22,26)(H,23,27)(H,24,29)(H,25,28)(H,30,31). The fraction of sp³-hybridized carbons (Fsp3) is 0.450. The summed E-state index contributed by atoms with van der Waals surface area (Å²) in [6.45, 7) is 2.79. The van der Waals surface area contributed by atoms with Crippen molar-refractivity contribution >= 4 is 29.6 Å². The summed E-state index contributed by atoms with van der Waals surface area (Å²) >= 11 is 0. The van der Waals surface area contributed by atoms with Crippen LogP contribution in [0, 0.1) is 0 Å². The predicted molar refractivity (Wildman–Crippen MR) is 111 cm³/mol. The second-order valence-electron chi connectivity index (χ2n) is 7.16. The third-order valence-corrected chi connectivity index (χ3v) is 4.44. The van der Waals surface area contributed by atoms with Gasteiger partial charge < -0.3 is 32.5 Å². The summed E-state index contributed by atoms with van der Waals surface area (Å²) in [5.41, 5.74) is 11.4. The molecule has 1 aromatic carbocycles. The van der Waals surface area contributed by atoms with Crippen LogP contribution in [-0.4, -0.2) is 58.9 Å². The number of carboxylic acids is 1. The van der Waals surface area contributed by atoms with Crippen molar-refractivity contribution in [2.75, 3.05) is 0 Å². The molecule has 4 amide bonds. The topological polar surface area (TPSA) is 194 Å². The van der Waals surface area contributed by atoms with E-state index >= 15 is 0 Å². The summed E-state index contributed by atoms with van der Waals surface area (Å²) in [6, 6.07) is 4.54. The van der Waals surface area contributed by atoms with Crippen molar-refractivity contribution in [3.8, 4) is 0 Å². The Kier molecular flexibility index (Phi) is 10.1. The molecule has 0 aliphatic carbocycles. The van der Waals surface area contributed by atoms with E-state index in [1.807, 2.05) is 0 Å². The van der Waals surface area contributed by atoms with Crippen LogP contribution in [0.25, 0.3) is 0 Å². The Bertz CT molecular complexity index is 801. The molecule has 11 heteroatoms. The zero-order valence-electron chi connectivity index (χ0n) is 17.5. The Hall–Kier alpha value is -3.47. The summed E-state index contributed by atoms with van der Waals surface area (Å²) in [7, 11) is 0. The van der Waals surface area contributed by atoms with Crippen molar-refractivity contribution in [2.24, 2.45) is 11.5 Å². The molecule has 8 N–H and O–H groups in total. The van der Waals surface area contributed by atoms with Crippen molar-refractivity contribution in [3.63, 3.8) is 0 Å². The normalized spacial score (nSPS) is 14.4. The van der Waals surface area contributed by atoms with Crippen LogP contribution in [0.4, 0.5) is 0 Å². The average molecular weight is 435 g/mol. The van der Waals surface area contributed by atoms with Crippen LogP contribution in [0.3, 0.4) is 0 Å². The molecular weight excluding hydrogens is 406 g/mol. The van der Waals surface area contributed by atoms with E-state index in [0.717, 1.165) is 5.56 Å². The number of nitrogens with one attached hydrogen (secondary N) is 3. The summed E-state index contributed by atoms with van der Waals surface area (Å²) in [6.07, 6.45) is 0.0463. The van der Waals surface area contributed by atoms with Crippen LogP contribution >= 0.6 is 0 Å². The van der Waals surface area contributed by atoms with Crippen LogP contribution in [0.5, 0.6) is 0 Å². The van der Waals surface area contributed by atoms with Crippen molar-refractivity contribution in [1.82, 2.24) is 16.0 Å². The number of aliphatic carboxylic acids is 1. The number of amides is 4. The van der Waals surface area contributed by atoms with Gasteiger partial charge in [0.05, 0.1) is 6.04 Å². The molecule has 170 valence electrons. The molecule has 0 radical (unpaired) electrons. The van der Waals surface area contributed by atoms with E-state index in [1.54, 1.807) is 30.3 Å². The number of carbonyl (C=O) groups excluding carboxylic acids is 4. The molecule has 0 heterocycles. The van der Waals surface area contributed by atoms with Gasteiger partial charge in [0.2, 0.25) is 23.6 Å². The number of primary amides is 1. The largest absolute Gasteiger partial charge is 0.480 e. The van der Waals surface area contributed by atoms with Crippen LogP contribution in [0.15, 0.2) is 30.3 Å².